The van der Waals surface area contributed by atoms with Crippen LogP contribution >= 0.6 is 0 Å². The van der Waals surface area contributed by atoms with E-state index in [2.05, 4.69) is 20.1 Å². The highest BCUT2D eigenvalue weighted by atomic mass is 16.3. The van der Waals surface area contributed by atoms with Crippen molar-refractivity contribution in [3.05, 3.63) is 71.3 Å². The van der Waals surface area contributed by atoms with Crippen molar-refractivity contribution in [2.24, 2.45) is 0 Å². The fourth-order valence-electron chi connectivity index (χ4n) is 3.13. The van der Waals surface area contributed by atoms with Gasteiger partial charge in [0, 0.05) is 30.9 Å². The Morgan fingerprint density at radius 3 is 2.68 bits per heavy atom. The van der Waals surface area contributed by atoms with E-state index in [1.54, 1.807) is 34.0 Å². The summed E-state index contributed by atoms with van der Waals surface area (Å²) in [5.41, 5.74) is 1.54. The molecular weight excluding hydrogens is 356 g/mol. The van der Waals surface area contributed by atoms with Gasteiger partial charge < -0.3 is 5.11 Å². The topological polar surface area (TPSA) is 98.7 Å². The molecule has 3 heterocycles. The minimum atomic E-state index is -0.0418. The number of aryl methyl sites for hydroxylation is 2. The molecule has 28 heavy (non-hydrogen) atoms. The van der Waals surface area contributed by atoms with Crippen LogP contribution in [0.1, 0.15) is 12.2 Å². The van der Waals surface area contributed by atoms with Crippen LogP contribution in [0.3, 0.4) is 0 Å². The SMILES string of the molecule is O=c1c2ccccc2ncn1CCCc1nc(-c2ccncc2)nn1CCO. The molecule has 4 aromatic rings. The van der Waals surface area contributed by atoms with Crippen LogP contribution in [0.4, 0.5) is 0 Å². The molecule has 3 aromatic heterocycles. The summed E-state index contributed by atoms with van der Waals surface area (Å²) < 4.78 is 3.34. The summed E-state index contributed by atoms with van der Waals surface area (Å²) in [6, 6.07) is 11.0. The number of fused-ring (bicyclic) bond motifs is 1. The van der Waals surface area contributed by atoms with E-state index in [9.17, 15) is 9.90 Å². The summed E-state index contributed by atoms with van der Waals surface area (Å²) in [5, 5.41) is 14.4. The first kappa shape index (κ1) is 18.0. The zero-order valence-electron chi connectivity index (χ0n) is 15.3. The predicted octanol–water partition coefficient (Wildman–Crippen LogP) is 1.68. The molecule has 1 N–H and O–H groups in total. The molecule has 8 nitrogen and oxygen atoms in total. The van der Waals surface area contributed by atoms with Gasteiger partial charge in [-0.25, -0.2) is 14.6 Å². The molecule has 0 aliphatic rings. The lowest BCUT2D eigenvalue weighted by molar-refractivity contribution is 0.266. The molecule has 0 aliphatic heterocycles. The van der Waals surface area contributed by atoms with Crippen molar-refractivity contribution in [3.63, 3.8) is 0 Å². The molecule has 0 amide bonds. The molecule has 142 valence electrons. The molecule has 0 fully saturated rings. The Hall–Kier alpha value is -3.39. The Morgan fingerprint density at radius 1 is 1.04 bits per heavy atom. The van der Waals surface area contributed by atoms with E-state index in [1.807, 2.05) is 30.3 Å². The molecule has 0 unspecified atom stereocenters. The first-order valence-corrected chi connectivity index (χ1v) is 9.15. The number of rotatable bonds is 7. The van der Waals surface area contributed by atoms with Crippen LogP contribution in [-0.2, 0) is 19.5 Å². The van der Waals surface area contributed by atoms with Gasteiger partial charge in [-0.05, 0) is 30.7 Å². The monoisotopic (exact) mass is 376 g/mol. The van der Waals surface area contributed by atoms with Crippen LogP contribution in [0.25, 0.3) is 22.3 Å². The predicted molar refractivity (Wildman–Crippen MR) is 105 cm³/mol. The number of aliphatic hydroxyl groups excluding tert-OH is 1. The minimum Gasteiger partial charge on any atom is -0.394 e. The number of nitrogens with zero attached hydrogens (tertiary/aromatic N) is 6. The van der Waals surface area contributed by atoms with Gasteiger partial charge >= 0.3 is 0 Å². The second kappa shape index (κ2) is 8.10. The maximum atomic E-state index is 12.6. The molecule has 0 saturated carbocycles. The van der Waals surface area contributed by atoms with Gasteiger partial charge in [0.2, 0.25) is 0 Å². The number of benzene rings is 1. The third-order valence-electron chi connectivity index (χ3n) is 4.53. The summed E-state index contributed by atoms with van der Waals surface area (Å²) in [6.45, 7) is 0.901. The van der Waals surface area contributed by atoms with Crippen LogP contribution in [-0.4, -0.2) is 41.0 Å². The maximum Gasteiger partial charge on any atom is 0.261 e. The van der Waals surface area contributed by atoms with Crippen molar-refractivity contribution >= 4 is 10.9 Å². The van der Waals surface area contributed by atoms with Crippen LogP contribution in [0.5, 0.6) is 0 Å². The minimum absolute atomic E-state index is 0.0137. The van der Waals surface area contributed by atoms with Crippen molar-refractivity contribution < 1.29 is 5.11 Å². The van der Waals surface area contributed by atoms with Crippen molar-refractivity contribution in [1.82, 2.24) is 29.3 Å². The summed E-state index contributed by atoms with van der Waals surface area (Å²) in [4.78, 5) is 25.6. The van der Waals surface area contributed by atoms with Crippen molar-refractivity contribution in [1.29, 1.82) is 0 Å². The third-order valence-corrected chi connectivity index (χ3v) is 4.53. The van der Waals surface area contributed by atoms with Crippen LogP contribution in [0.2, 0.25) is 0 Å². The van der Waals surface area contributed by atoms with Crippen LogP contribution in [0, 0.1) is 0 Å². The number of hydrogen-bond donors (Lipinski definition) is 1. The van der Waals surface area contributed by atoms with Crippen LogP contribution < -0.4 is 5.56 Å². The van der Waals surface area contributed by atoms with Gasteiger partial charge in [-0.3, -0.25) is 14.3 Å². The Bertz CT molecular complexity index is 1140. The van der Waals surface area contributed by atoms with Gasteiger partial charge in [0.1, 0.15) is 5.82 Å². The number of aromatic nitrogens is 6. The van der Waals surface area contributed by atoms with Gasteiger partial charge in [-0.2, -0.15) is 5.10 Å². The van der Waals surface area contributed by atoms with E-state index in [0.29, 0.717) is 42.7 Å². The lowest BCUT2D eigenvalue weighted by atomic mass is 10.2. The molecule has 8 heteroatoms. The largest absolute Gasteiger partial charge is 0.394 e. The highest BCUT2D eigenvalue weighted by Crippen LogP contribution is 2.15. The van der Waals surface area contributed by atoms with E-state index in [0.717, 1.165) is 11.4 Å². The standard InChI is InChI=1S/C20H20N6O2/c27-13-12-26-18(23-19(24-26)15-7-9-21-10-8-15)6-3-11-25-14-22-17-5-2-1-4-16(17)20(25)28/h1-2,4-5,7-10,14,27H,3,6,11-13H2. The normalized spacial score (nSPS) is 11.2. The molecular formula is C20H20N6O2. The van der Waals surface area contributed by atoms with Crippen molar-refractivity contribution in [2.45, 2.75) is 25.9 Å². The first-order chi connectivity index (χ1) is 13.8. The molecule has 0 aliphatic carbocycles. The van der Waals surface area contributed by atoms with E-state index < -0.39 is 0 Å². The van der Waals surface area contributed by atoms with Crippen molar-refractivity contribution in [2.75, 3.05) is 6.61 Å². The fourth-order valence-corrected chi connectivity index (χ4v) is 3.13. The molecule has 0 saturated heterocycles. The van der Waals surface area contributed by atoms with Gasteiger partial charge in [0.05, 0.1) is 30.4 Å². The van der Waals surface area contributed by atoms with Crippen molar-refractivity contribution in [3.8, 4) is 11.4 Å². The Balaban J connectivity index is 1.51. The molecule has 0 atom stereocenters. The number of para-hydroxylation sites is 1. The average Bonchev–Trinajstić information content (AvgIpc) is 3.14. The molecule has 0 spiro atoms. The fraction of sp³-hybridized carbons (Fsp3) is 0.250. The molecule has 0 bridgehead atoms. The first-order valence-electron chi connectivity index (χ1n) is 9.15. The van der Waals surface area contributed by atoms with Gasteiger partial charge in [0.25, 0.3) is 5.56 Å². The Morgan fingerprint density at radius 2 is 1.86 bits per heavy atom. The van der Waals surface area contributed by atoms with Gasteiger partial charge in [0.15, 0.2) is 5.82 Å². The zero-order chi connectivity index (χ0) is 19.3. The van der Waals surface area contributed by atoms with Gasteiger partial charge in [-0.1, -0.05) is 12.1 Å². The average molecular weight is 376 g/mol. The summed E-state index contributed by atoms with van der Waals surface area (Å²) in [6.07, 6.45) is 6.32. The summed E-state index contributed by atoms with van der Waals surface area (Å²) >= 11 is 0. The lowest BCUT2D eigenvalue weighted by Gasteiger charge is -2.07. The molecule has 0 radical (unpaired) electrons. The Labute approximate surface area is 161 Å². The smallest absolute Gasteiger partial charge is 0.261 e. The number of pyridine rings is 1. The maximum absolute atomic E-state index is 12.6. The van der Waals surface area contributed by atoms with Crippen LogP contribution in [0.15, 0.2) is 59.9 Å². The van der Waals surface area contributed by atoms with E-state index in [-0.39, 0.29) is 12.2 Å². The number of aliphatic hydroxyl groups is 1. The summed E-state index contributed by atoms with van der Waals surface area (Å²) in [7, 11) is 0. The quantitative estimate of drug-likeness (QED) is 0.527. The summed E-state index contributed by atoms with van der Waals surface area (Å²) in [5.74, 6) is 1.39. The van der Waals surface area contributed by atoms with E-state index >= 15 is 0 Å². The highest BCUT2D eigenvalue weighted by Gasteiger charge is 2.12. The second-order valence-corrected chi connectivity index (χ2v) is 6.40. The van der Waals surface area contributed by atoms with E-state index in [1.165, 1.54) is 0 Å². The number of hydrogen-bond acceptors (Lipinski definition) is 6. The molecule has 1 aromatic carbocycles. The highest BCUT2D eigenvalue weighted by molar-refractivity contribution is 5.76. The molecule has 4 rings (SSSR count). The van der Waals surface area contributed by atoms with E-state index in [4.69, 9.17) is 0 Å². The van der Waals surface area contributed by atoms with Gasteiger partial charge in [-0.15, -0.1) is 0 Å². The Kier molecular flexibility index (Phi) is 5.20. The second-order valence-electron chi connectivity index (χ2n) is 6.40. The zero-order valence-corrected chi connectivity index (χ0v) is 15.3. The lowest BCUT2D eigenvalue weighted by Crippen LogP contribution is -2.21. The third kappa shape index (κ3) is 3.67.